The van der Waals surface area contributed by atoms with E-state index in [1.807, 2.05) is 55.5 Å². The summed E-state index contributed by atoms with van der Waals surface area (Å²) >= 11 is 0. The van der Waals surface area contributed by atoms with E-state index in [9.17, 15) is 4.79 Å². The number of carbonyl (C=O) groups is 1. The van der Waals surface area contributed by atoms with Crippen LogP contribution >= 0.6 is 0 Å². The Balaban J connectivity index is 1.86. The standard InChI is InChI=1S/C21H25NO3/c1-4-24-19-10-5-17(6-11-19)7-14-21(23)22-18-8-12-20(13-9-18)25-15-16(2)3/h5-14,16H,4,15H2,1-3H3,(H,22,23)/b14-7+. The molecule has 0 aliphatic rings. The third-order valence-electron chi connectivity index (χ3n) is 3.32. The molecular weight excluding hydrogens is 314 g/mol. The van der Waals surface area contributed by atoms with Crippen LogP contribution in [0.1, 0.15) is 26.3 Å². The predicted molar refractivity (Wildman–Crippen MR) is 102 cm³/mol. The Morgan fingerprint density at radius 1 is 1.00 bits per heavy atom. The first-order chi connectivity index (χ1) is 12.1. The molecule has 0 spiro atoms. The first-order valence-electron chi connectivity index (χ1n) is 8.51. The second-order valence-corrected chi connectivity index (χ2v) is 6.05. The van der Waals surface area contributed by atoms with E-state index in [0.29, 0.717) is 19.1 Å². The van der Waals surface area contributed by atoms with Crippen LogP contribution < -0.4 is 14.8 Å². The third-order valence-corrected chi connectivity index (χ3v) is 3.32. The summed E-state index contributed by atoms with van der Waals surface area (Å²) in [6.45, 7) is 7.47. The Bertz CT molecular complexity index is 688. The molecule has 0 aliphatic carbocycles. The molecule has 25 heavy (non-hydrogen) atoms. The molecule has 4 nitrogen and oxygen atoms in total. The molecule has 0 unspecified atom stereocenters. The molecule has 0 atom stereocenters. The highest BCUT2D eigenvalue weighted by molar-refractivity contribution is 6.01. The number of carbonyl (C=O) groups excluding carboxylic acids is 1. The van der Waals surface area contributed by atoms with Gasteiger partial charge in [0.1, 0.15) is 11.5 Å². The molecule has 1 amide bonds. The van der Waals surface area contributed by atoms with E-state index in [0.717, 1.165) is 22.7 Å². The summed E-state index contributed by atoms with van der Waals surface area (Å²) in [5, 5.41) is 2.83. The second-order valence-electron chi connectivity index (χ2n) is 6.05. The van der Waals surface area contributed by atoms with Gasteiger partial charge >= 0.3 is 0 Å². The molecule has 0 aromatic heterocycles. The lowest BCUT2D eigenvalue weighted by molar-refractivity contribution is -0.111. The van der Waals surface area contributed by atoms with Crippen LogP contribution in [0.25, 0.3) is 6.08 Å². The van der Waals surface area contributed by atoms with Gasteiger partial charge in [-0.25, -0.2) is 0 Å². The minimum atomic E-state index is -0.176. The summed E-state index contributed by atoms with van der Waals surface area (Å²) in [5.41, 5.74) is 1.68. The lowest BCUT2D eigenvalue weighted by Crippen LogP contribution is -2.08. The minimum absolute atomic E-state index is 0.176. The maximum Gasteiger partial charge on any atom is 0.248 e. The fourth-order valence-corrected chi connectivity index (χ4v) is 2.10. The first kappa shape index (κ1) is 18.6. The van der Waals surface area contributed by atoms with Crippen molar-refractivity contribution in [2.24, 2.45) is 5.92 Å². The number of ether oxygens (including phenoxy) is 2. The van der Waals surface area contributed by atoms with E-state index in [1.54, 1.807) is 6.08 Å². The highest BCUT2D eigenvalue weighted by Crippen LogP contribution is 2.17. The van der Waals surface area contributed by atoms with Crippen molar-refractivity contribution in [3.05, 3.63) is 60.2 Å². The van der Waals surface area contributed by atoms with Gasteiger partial charge < -0.3 is 14.8 Å². The van der Waals surface area contributed by atoms with Crippen molar-refractivity contribution in [1.82, 2.24) is 0 Å². The normalized spacial score (nSPS) is 10.9. The fraction of sp³-hybridized carbons (Fsp3) is 0.286. The highest BCUT2D eigenvalue weighted by Gasteiger charge is 2.00. The van der Waals surface area contributed by atoms with Gasteiger partial charge in [0.25, 0.3) is 0 Å². The molecule has 132 valence electrons. The van der Waals surface area contributed by atoms with Crippen molar-refractivity contribution in [1.29, 1.82) is 0 Å². The van der Waals surface area contributed by atoms with Crippen LogP contribution in [-0.2, 0) is 4.79 Å². The molecule has 0 heterocycles. The van der Waals surface area contributed by atoms with E-state index >= 15 is 0 Å². The SMILES string of the molecule is CCOc1ccc(/C=C/C(=O)Nc2ccc(OCC(C)C)cc2)cc1. The quantitative estimate of drug-likeness (QED) is 0.705. The number of anilines is 1. The van der Waals surface area contributed by atoms with Gasteiger partial charge in [0.15, 0.2) is 0 Å². The monoisotopic (exact) mass is 339 g/mol. The van der Waals surface area contributed by atoms with Crippen LogP contribution in [0.2, 0.25) is 0 Å². The summed E-state index contributed by atoms with van der Waals surface area (Å²) in [7, 11) is 0. The number of hydrogen-bond donors (Lipinski definition) is 1. The number of benzene rings is 2. The number of nitrogens with one attached hydrogen (secondary N) is 1. The van der Waals surface area contributed by atoms with Crippen molar-refractivity contribution in [3.63, 3.8) is 0 Å². The lowest BCUT2D eigenvalue weighted by atomic mass is 10.2. The van der Waals surface area contributed by atoms with Gasteiger partial charge in [0.2, 0.25) is 5.91 Å². The largest absolute Gasteiger partial charge is 0.494 e. The molecule has 0 saturated heterocycles. The van der Waals surface area contributed by atoms with Gasteiger partial charge in [0.05, 0.1) is 13.2 Å². The zero-order chi connectivity index (χ0) is 18.1. The molecule has 0 fully saturated rings. The summed E-state index contributed by atoms with van der Waals surface area (Å²) in [6.07, 6.45) is 3.28. The Morgan fingerprint density at radius 2 is 1.60 bits per heavy atom. The van der Waals surface area contributed by atoms with Gasteiger partial charge in [-0.3, -0.25) is 4.79 Å². The number of amides is 1. The van der Waals surface area contributed by atoms with Crippen LogP contribution in [0.3, 0.4) is 0 Å². The van der Waals surface area contributed by atoms with E-state index in [2.05, 4.69) is 19.2 Å². The molecule has 2 aromatic carbocycles. The second kappa shape index (κ2) is 9.52. The Labute approximate surface area is 149 Å². The van der Waals surface area contributed by atoms with Crippen molar-refractivity contribution < 1.29 is 14.3 Å². The first-order valence-corrected chi connectivity index (χ1v) is 8.51. The molecule has 0 bridgehead atoms. The zero-order valence-corrected chi connectivity index (χ0v) is 15.0. The highest BCUT2D eigenvalue weighted by atomic mass is 16.5. The Kier molecular flexibility index (Phi) is 7.08. The molecule has 0 radical (unpaired) electrons. The molecule has 1 N–H and O–H groups in total. The fourth-order valence-electron chi connectivity index (χ4n) is 2.10. The molecule has 2 rings (SSSR count). The molecule has 2 aromatic rings. The lowest BCUT2D eigenvalue weighted by Gasteiger charge is -2.09. The van der Waals surface area contributed by atoms with E-state index in [1.165, 1.54) is 6.08 Å². The van der Waals surface area contributed by atoms with Crippen molar-refractivity contribution in [2.45, 2.75) is 20.8 Å². The predicted octanol–water partition coefficient (Wildman–Crippen LogP) is 4.77. The van der Waals surface area contributed by atoms with Crippen LogP contribution in [0.4, 0.5) is 5.69 Å². The van der Waals surface area contributed by atoms with Crippen molar-refractivity contribution >= 4 is 17.7 Å². The maximum absolute atomic E-state index is 12.0. The smallest absolute Gasteiger partial charge is 0.248 e. The van der Waals surface area contributed by atoms with Gasteiger partial charge in [0, 0.05) is 11.8 Å². The Morgan fingerprint density at radius 3 is 2.20 bits per heavy atom. The summed E-state index contributed by atoms with van der Waals surface area (Å²) in [4.78, 5) is 12.0. The summed E-state index contributed by atoms with van der Waals surface area (Å²) < 4.78 is 11.0. The molecule has 0 aliphatic heterocycles. The van der Waals surface area contributed by atoms with Crippen LogP contribution in [0, 0.1) is 5.92 Å². The number of hydrogen-bond acceptors (Lipinski definition) is 3. The Hall–Kier alpha value is -2.75. The van der Waals surface area contributed by atoms with Crippen molar-refractivity contribution in [2.75, 3.05) is 18.5 Å². The van der Waals surface area contributed by atoms with Crippen LogP contribution in [-0.4, -0.2) is 19.1 Å². The van der Waals surface area contributed by atoms with Gasteiger partial charge in [-0.15, -0.1) is 0 Å². The molecular formula is C21H25NO3. The average molecular weight is 339 g/mol. The van der Waals surface area contributed by atoms with Gasteiger partial charge in [-0.05, 0) is 60.9 Å². The van der Waals surface area contributed by atoms with Crippen LogP contribution in [0.5, 0.6) is 11.5 Å². The average Bonchev–Trinajstić information content (AvgIpc) is 2.61. The molecule has 4 heteroatoms. The number of rotatable bonds is 8. The van der Waals surface area contributed by atoms with E-state index in [-0.39, 0.29) is 5.91 Å². The topological polar surface area (TPSA) is 47.6 Å². The van der Waals surface area contributed by atoms with E-state index in [4.69, 9.17) is 9.47 Å². The maximum atomic E-state index is 12.0. The third kappa shape index (κ3) is 6.71. The van der Waals surface area contributed by atoms with Gasteiger partial charge in [-0.1, -0.05) is 26.0 Å². The summed E-state index contributed by atoms with van der Waals surface area (Å²) in [6, 6.07) is 15.0. The van der Waals surface area contributed by atoms with Crippen molar-refractivity contribution in [3.8, 4) is 11.5 Å². The van der Waals surface area contributed by atoms with Gasteiger partial charge in [-0.2, -0.15) is 0 Å². The van der Waals surface area contributed by atoms with Crippen LogP contribution in [0.15, 0.2) is 54.6 Å². The minimum Gasteiger partial charge on any atom is -0.494 e. The van der Waals surface area contributed by atoms with E-state index < -0.39 is 0 Å². The molecule has 0 saturated carbocycles. The zero-order valence-electron chi connectivity index (χ0n) is 15.0. The summed E-state index contributed by atoms with van der Waals surface area (Å²) in [5.74, 6) is 1.93.